The summed E-state index contributed by atoms with van der Waals surface area (Å²) >= 11 is 13.2. The van der Waals surface area contributed by atoms with Gasteiger partial charge < -0.3 is 20.3 Å². The minimum Gasteiger partial charge on any atom is -0.383 e. The maximum Gasteiger partial charge on any atom is 0.322 e. The lowest BCUT2D eigenvalue weighted by atomic mass is 10.3. The van der Waals surface area contributed by atoms with Gasteiger partial charge in [-0.2, -0.15) is 0 Å². The van der Waals surface area contributed by atoms with Gasteiger partial charge >= 0.3 is 6.03 Å². The van der Waals surface area contributed by atoms with Crippen LogP contribution in [-0.2, 0) is 11.3 Å². The molecule has 152 valence electrons. The van der Waals surface area contributed by atoms with Gasteiger partial charge in [-0.05, 0) is 24.6 Å². The Balaban J connectivity index is 2.06. The Hall–Kier alpha value is -1.87. The summed E-state index contributed by atoms with van der Waals surface area (Å²) in [6.07, 6.45) is 0.850. The predicted octanol–water partition coefficient (Wildman–Crippen LogP) is 4.27. The zero-order valence-electron chi connectivity index (χ0n) is 15.6. The zero-order chi connectivity index (χ0) is 20.5. The van der Waals surface area contributed by atoms with E-state index in [1.807, 2.05) is 6.92 Å². The predicted molar refractivity (Wildman–Crippen MR) is 113 cm³/mol. The normalized spacial score (nSPS) is 10.6. The molecule has 7 nitrogen and oxygen atoms in total. The largest absolute Gasteiger partial charge is 0.383 e. The molecule has 0 atom stereocenters. The molecular formula is C18H22Cl2N4O3S. The lowest BCUT2D eigenvalue weighted by Gasteiger charge is -2.22. The van der Waals surface area contributed by atoms with Crippen LogP contribution in [-0.4, -0.2) is 48.6 Å². The van der Waals surface area contributed by atoms with E-state index in [0.29, 0.717) is 46.1 Å². The summed E-state index contributed by atoms with van der Waals surface area (Å²) in [5.41, 5.74) is 0.880. The fourth-order valence-electron chi connectivity index (χ4n) is 2.21. The lowest BCUT2D eigenvalue weighted by molar-refractivity contribution is 0.0949. The first kappa shape index (κ1) is 22.4. The van der Waals surface area contributed by atoms with E-state index in [4.69, 9.17) is 27.9 Å². The third-order valence-corrected chi connectivity index (χ3v) is 5.24. The molecule has 0 aliphatic carbocycles. The Morgan fingerprint density at radius 1 is 1.29 bits per heavy atom. The zero-order valence-corrected chi connectivity index (χ0v) is 18.0. The number of anilines is 1. The minimum atomic E-state index is -0.331. The number of nitrogens with one attached hydrogen (secondary N) is 2. The quantitative estimate of drug-likeness (QED) is 0.604. The van der Waals surface area contributed by atoms with E-state index in [1.165, 1.54) is 11.3 Å². The third kappa shape index (κ3) is 6.63. The van der Waals surface area contributed by atoms with E-state index in [0.717, 1.165) is 6.42 Å². The Kier molecular flexibility index (Phi) is 8.98. The number of urea groups is 1. The second-order valence-corrected chi connectivity index (χ2v) is 7.61. The van der Waals surface area contributed by atoms with Crippen LogP contribution in [0.25, 0.3) is 0 Å². The van der Waals surface area contributed by atoms with Crippen LogP contribution in [0, 0.1) is 0 Å². The van der Waals surface area contributed by atoms with Gasteiger partial charge in [-0.1, -0.05) is 30.1 Å². The number of thiazole rings is 1. The first-order valence-corrected chi connectivity index (χ1v) is 10.3. The molecule has 0 saturated heterocycles. The number of hydrogen-bond donors (Lipinski definition) is 2. The Morgan fingerprint density at radius 3 is 2.75 bits per heavy atom. The van der Waals surface area contributed by atoms with Crippen molar-refractivity contribution in [2.75, 3.05) is 32.1 Å². The van der Waals surface area contributed by atoms with Crippen LogP contribution in [0.1, 0.15) is 28.8 Å². The summed E-state index contributed by atoms with van der Waals surface area (Å²) in [5, 5.41) is 8.67. The van der Waals surface area contributed by atoms with Gasteiger partial charge in [-0.15, -0.1) is 11.3 Å². The summed E-state index contributed by atoms with van der Waals surface area (Å²) < 4.78 is 5.09. The lowest BCUT2D eigenvalue weighted by Crippen LogP contribution is -2.36. The molecule has 1 heterocycles. The smallest absolute Gasteiger partial charge is 0.322 e. The molecule has 28 heavy (non-hydrogen) atoms. The van der Waals surface area contributed by atoms with E-state index < -0.39 is 0 Å². The van der Waals surface area contributed by atoms with Gasteiger partial charge in [0.05, 0.1) is 23.2 Å². The van der Waals surface area contributed by atoms with Crippen molar-refractivity contribution in [3.63, 3.8) is 0 Å². The van der Waals surface area contributed by atoms with Gasteiger partial charge in [0, 0.05) is 31.3 Å². The first-order valence-electron chi connectivity index (χ1n) is 8.67. The third-order valence-electron chi connectivity index (χ3n) is 3.67. The number of carbonyl (C=O) groups is 2. The van der Waals surface area contributed by atoms with Gasteiger partial charge in [0.2, 0.25) is 0 Å². The number of rotatable bonds is 9. The number of methoxy groups -OCH3 is 1. The van der Waals surface area contributed by atoms with Crippen LogP contribution in [0.4, 0.5) is 10.5 Å². The Bertz CT molecular complexity index is 816. The number of ether oxygens (including phenoxy) is 1. The molecule has 1 aromatic carbocycles. The van der Waals surface area contributed by atoms with E-state index >= 15 is 0 Å². The molecule has 2 rings (SSSR count). The average molecular weight is 445 g/mol. The maximum absolute atomic E-state index is 12.7. The van der Waals surface area contributed by atoms with E-state index in [1.54, 1.807) is 35.6 Å². The van der Waals surface area contributed by atoms with Gasteiger partial charge in [-0.25, -0.2) is 9.78 Å². The fraction of sp³-hybridized carbons (Fsp3) is 0.389. The van der Waals surface area contributed by atoms with E-state index in [-0.39, 0.29) is 18.5 Å². The van der Waals surface area contributed by atoms with Crippen molar-refractivity contribution < 1.29 is 14.3 Å². The number of nitrogens with zero attached hydrogens (tertiary/aromatic N) is 2. The molecule has 0 bridgehead atoms. The average Bonchev–Trinajstić information content (AvgIpc) is 3.14. The molecular weight excluding hydrogens is 423 g/mol. The number of aromatic nitrogens is 1. The second-order valence-electron chi connectivity index (χ2n) is 5.86. The van der Waals surface area contributed by atoms with Crippen LogP contribution >= 0.6 is 34.5 Å². The van der Waals surface area contributed by atoms with Crippen molar-refractivity contribution in [3.8, 4) is 0 Å². The van der Waals surface area contributed by atoms with E-state index in [9.17, 15) is 9.59 Å². The summed E-state index contributed by atoms with van der Waals surface area (Å²) in [7, 11) is 1.56. The molecule has 0 radical (unpaired) electrons. The van der Waals surface area contributed by atoms with Crippen molar-refractivity contribution in [2.24, 2.45) is 0 Å². The monoisotopic (exact) mass is 444 g/mol. The number of benzene rings is 1. The minimum absolute atomic E-state index is 0.215. The van der Waals surface area contributed by atoms with Crippen molar-refractivity contribution in [2.45, 2.75) is 19.9 Å². The number of amides is 3. The molecule has 0 saturated carbocycles. The second kappa shape index (κ2) is 11.2. The molecule has 0 spiro atoms. The number of carbonyl (C=O) groups excluding carboxylic acids is 2. The summed E-state index contributed by atoms with van der Waals surface area (Å²) in [6, 6.07) is 4.53. The van der Waals surface area contributed by atoms with Crippen LogP contribution in [0.15, 0.2) is 23.6 Å². The van der Waals surface area contributed by atoms with Crippen molar-refractivity contribution in [3.05, 3.63) is 44.3 Å². The fourth-order valence-corrected chi connectivity index (χ4v) is 3.30. The molecule has 2 N–H and O–H groups in total. The van der Waals surface area contributed by atoms with Crippen LogP contribution in [0.3, 0.4) is 0 Å². The van der Waals surface area contributed by atoms with Gasteiger partial charge in [-0.3, -0.25) is 4.79 Å². The number of hydrogen-bond acceptors (Lipinski definition) is 5. The molecule has 0 aliphatic rings. The van der Waals surface area contributed by atoms with Crippen LogP contribution in [0.2, 0.25) is 10.0 Å². The highest BCUT2D eigenvalue weighted by Crippen LogP contribution is 2.25. The molecule has 2 aromatic rings. The summed E-state index contributed by atoms with van der Waals surface area (Å²) in [6.45, 7) is 3.55. The highest BCUT2D eigenvalue weighted by atomic mass is 35.5. The molecule has 3 amide bonds. The van der Waals surface area contributed by atoms with Crippen molar-refractivity contribution in [1.29, 1.82) is 0 Å². The topological polar surface area (TPSA) is 83.6 Å². The Labute approximate surface area is 178 Å². The Morgan fingerprint density at radius 2 is 2.07 bits per heavy atom. The van der Waals surface area contributed by atoms with Gasteiger partial charge in [0.15, 0.2) is 0 Å². The van der Waals surface area contributed by atoms with E-state index in [2.05, 4.69) is 15.6 Å². The SMILES string of the molecule is CCCNC(=O)c1csc(CN(CCOC)C(=O)Nc2ccc(Cl)c(Cl)c2)n1. The molecule has 0 fully saturated rings. The van der Waals surface area contributed by atoms with Crippen LogP contribution < -0.4 is 10.6 Å². The van der Waals surface area contributed by atoms with Gasteiger partial charge in [0.1, 0.15) is 10.7 Å². The van der Waals surface area contributed by atoms with Crippen molar-refractivity contribution >= 4 is 52.2 Å². The molecule has 0 unspecified atom stereocenters. The summed E-state index contributed by atoms with van der Waals surface area (Å²) in [5.74, 6) is -0.215. The maximum atomic E-state index is 12.7. The highest BCUT2D eigenvalue weighted by Gasteiger charge is 2.18. The van der Waals surface area contributed by atoms with Crippen molar-refractivity contribution in [1.82, 2.24) is 15.2 Å². The molecule has 0 aliphatic heterocycles. The first-order chi connectivity index (χ1) is 13.4. The number of halogens is 2. The highest BCUT2D eigenvalue weighted by molar-refractivity contribution is 7.09. The molecule has 10 heteroatoms. The standard InChI is InChI=1S/C18H22Cl2N4O3S/c1-3-6-21-17(25)15-11-28-16(23-15)10-24(7-8-27-2)18(26)22-12-4-5-13(19)14(20)9-12/h4-5,9,11H,3,6-8,10H2,1-2H3,(H,21,25)(H,22,26). The molecule has 1 aromatic heterocycles. The van der Waals surface area contributed by atoms with Gasteiger partial charge in [0.25, 0.3) is 5.91 Å². The summed E-state index contributed by atoms with van der Waals surface area (Å²) in [4.78, 5) is 30.6. The van der Waals surface area contributed by atoms with Crippen LogP contribution in [0.5, 0.6) is 0 Å².